The lowest BCUT2D eigenvalue weighted by Gasteiger charge is -2.31. The Balaban J connectivity index is 1.30. The Bertz CT molecular complexity index is 1040. The van der Waals surface area contributed by atoms with Crippen molar-refractivity contribution >= 4 is 33.8 Å². The van der Waals surface area contributed by atoms with Gasteiger partial charge in [-0.2, -0.15) is 0 Å². The zero-order valence-electron chi connectivity index (χ0n) is 16.8. The number of benzene rings is 2. The van der Waals surface area contributed by atoms with Crippen LogP contribution in [-0.2, 0) is 13.0 Å². The van der Waals surface area contributed by atoms with Gasteiger partial charge in [0, 0.05) is 44.6 Å². The van der Waals surface area contributed by atoms with Gasteiger partial charge in [0.2, 0.25) is 0 Å². The van der Waals surface area contributed by atoms with Gasteiger partial charge in [0.15, 0.2) is 5.13 Å². The number of thiazole rings is 1. The maximum Gasteiger partial charge on any atom is 0.275 e. The number of carbonyl (C=O) groups is 1. The van der Waals surface area contributed by atoms with Gasteiger partial charge in [-0.25, -0.2) is 4.98 Å². The van der Waals surface area contributed by atoms with Crippen LogP contribution in [0.3, 0.4) is 0 Å². The lowest BCUT2D eigenvalue weighted by Crippen LogP contribution is -2.43. The van der Waals surface area contributed by atoms with Gasteiger partial charge in [-0.05, 0) is 29.7 Å². The molecule has 0 bridgehead atoms. The van der Waals surface area contributed by atoms with E-state index in [1.807, 2.05) is 23.6 Å². The van der Waals surface area contributed by atoms with Crippen molar-refractivity contribution in [2.45, 2.75) is 13.0 Å². The second-order valence-corrected chi connectivity index (χ2v) is 8.50. The molecule has 2 aromatic carbocycles. The molecule has 5 rings (SSSR count). The van der Waals surface area contributed by atoms with Crippen LogP contribution < -0.4 is 20.4 Å². The average Bonchev–Trinajstić information content (AvgIpc) is 3.30. The summed E-state index contributed by atoms with van der Waals surface area (Å²) in [6, 6.07) is 16.6. The van der Waals surface area contributed by atoms with Crippen molar-refractivity contribution in [3.05, 3.63) is 70.7 Å². The predicted octanol–water partition coefficient (Wildman–Crippen LogP) is 3.37. The number of para-hydroxylation sites is 2. The van der Waals surface area contributed by atoms with Gasteiger partial charge in [-0.1, -0.05) is 36.4 Å². The number of amides is 1. The van der Waals surface area contributed by atoms with Crippen LogP contribution >= 0.6 is 11.3 Å². The molecule has 6 nitrogen and oxygen atoms in total. The molecule has 1 amide bonds. The smallest absolute Gasteiger partial charge is 0.275 e. The number of anilines is 3. The molecule has 0 saturated carbocycles. The number of nitrogens with one attached hydrogen (secondary N) is 2. The van der Waals surface area contributed by atoms with Crippen LogP contribution in [0.4, 0.5) is 16.5 Å². The first-order valence-corrected chi connectivity index (χ1v) is 11.3. The first-order chi connectivity index (χ1) is 14.8. The van der Waals surface area contributed by atoms with E-state index in [1.54, 1.807) is 0 Å². The standard InChI is InChI=1S/C23H25N5OS/c29-22(25-19-7-3-4-8-21(19)27-13-10-24-11-14-27)20-16-30-23(26-20)28-12-9-17-5-1-2-6-18(17)15-28/h1-8,16,24H,9-15H2,(H,25,29). The van der Waals surface area contributed by atoms with E-state index in [-0.39, 0.29) is 5.91 Å². The monoisotopic (exact) mass is 419 g/mol. The summed E-state index contributed by atoms with van der Waals surface area (Å²) in [6.45, 7) is 5.55. The molecule has 30 heavy (non-hydrogen) atoms. The van der Waals surface area contributed by atoms with Gasteiger partial charge in [0.05, 0.1) is 11.4 Å². The maximum atomic E-state index is 12.9. The third kappa shape index (κ3) is 3.91. The summed E-state index contributed by atoms with van der Waals surface area (Å²) in [6.07, 6.45) is 1.01. The van der Waals surface area contributed by atoms with E-state index >= 15 is 0 Å². The van der Waals surface area contributed by atoms with Crippen LogP contribution in [0.2, 0.25) is 0 Å². The van der Waals surface area contributed by atoms with Crippen LogP contribution in [0, 0.1) is 0 Å². The van der Waals surface area contributed by atoms with E-state index in [0.29, 0.717) is 5.69 Å². The third-order valence-corrected chi connectivity index (χ3v) is 6.64. The lowest BCUT2D eigenvalue weighted by atomic mass is 10.0. The zero-order chi connectivity index (χ0) is 20.3. The van der Waals surface area contributed by atoms with Gasteiger partial charge in [0.1, 0.15) is 5.69 Å². The molecule has 1 saturated heterocycles. The molecule has 2 aliphatic rings. The summed E-state index contributed by atoms with van der Waals surface area (Å²) in [5, 5.41) is 9.22. The van der Waals surface area contributed by atoms with Crippen LogP contribution in [0.25, 0.3) is 0 Å². The van der Waals surface area contributed by atoms with Gasteiger partial charge < -0.3 is 20.4 Å². The number of rotatable bonds is 4. The highest BCUT2D eigenvalue weighted by atomic mass is 32.1. The molecule has 1 aromatic heterocycles. The highest BCUT2D eigenvalue weighted by Crippen LogP contribution is 2.29. The molecule has 0 atom stereocenters. The molecule has 0 aliphatic carbocycles. The highest BCUT2D eigenvalue weighted by molar-refractivity contribution is 7.13. The highest BCUT2D eigenvalue weighted by Gasteiger charge is 2.21. The minimum Gasteiger partial charge on any atom is -0.367 e. The Labute approximate surface area is 180 Å². The van der Waals surface area contributed by atoms with Gasteiger partial charge in [-0.15, -0.1) is 11.3 Å². The van der Waals surface area contributed by atoms with Crippen LogP contribution in [-0.4, -0.2) is 43.6 Å². The molecular weight excluding hydrogens is 394 g/mol. The molecule has 1 fully saturated rings. The van der Waals surface area contributed by atoms with Crippen molar-refractivity contribution in [1.29, 1.82) is 0 Å². The second-order valence-electron chi connectivity index (χ2n) is 7.66. The summed E-state index contributed by atoms with van der Waals surface area (Å²) in [5.74, 6) is -0.155. The predicted molar refractivity (Wildman–Crippen MR) is 123 cm³/mol. The minimum absolute atomic E-state index is 0.155. The molecule has 0 spiro atoms. The Morgan fingerprint density at radius 1 is 0.967 bits per heavy atom. The number of hydrogen-bond acceptors (Lipinski definition) is 6. The van der Waals surface area contributed by atoms with E-state index in [9.17, 15) is 4.79 Å². The number of hydrogen-bond donors (Lipinski definition) is 2. The van der Waals surface area contributed by atoms with Crippen molar-refractivity contribution in [2.75, 3.05) is 47.8 Å². The van der Waals surface area contributed by atoms with Crippen LogP contribution in [0.1, 0.15) is 21.6 Å². The summed E-state index contributed by atoms with van der Waals surface area (Å²) in [4.78, 5) is 22.2. The molecule has 0 radical (unpaired) electrons. The van der Waals surface area contributed by atoms with E-state index in [1.165, 1.54) is 22.5 Å². The quantitative estimate of drug-likeness (QED) is 0.679. The summed E-state index contributed by atoms with van der Waals surface area (Å²) >= 11 is 1.54. The maximum absolute atomic E-state index is 12.9. The molecular formula is C23H25N5OS. The largest absolute Gasteiger partial charge is 0.367 e. The average molecular weight is 420 g/mol. The van der Waals surface area contributed by atoms with Crippen molar-refractivity contribution in [1.82, 2.24) is 10.3 Å². The van der Waals surface area contributed by atoms with E-state index in [4.69, 9.17) is 0 Å². The Hall–Kier alpha value is -2.90. The Kier molecular flexibility index (Phi) is 5.38. The molecule has 3 aromatic rings. The van der Waals surface area contributed by atoms with Crippen molar-refractivity contribution in [2.24, 2.45) is 0 Å². The molecule has 2 N–H and O–H groups in total. The molecule has 2 aliphatic heterocycles. The van der Waals surface area contributed by atoms with Crippen molar-refractivity contribution in [3.63, 3.8) is 0 Å². The van der Waals surface area contributed by atoms with E-state index in [2.05, 4.69) is 55.7 Å². The number of aromatic nitrogens is 1. The van der Waals surface area contributed by atoms with Crippen LogP contribution in [0.15, 0.2) is 53.9 Å². The second kappa shape index (κ2) is 8.45. The summed E-state index contributed by atoms with van der Waals surface area (Å²) in [5.41, 5.74) is 5.13. The molecule has 0 unspecified atom stereocenters. The van der Waals surface area contributed by atoms with E-state index < -0.39 is 0 Å². The van der Waals surface area contributed by atoms with E-state index in [0.717, 1.165) is 62.2 Å². The Morgan fingerprint density at radius 3 is 2.60 bits per heavy atom. The number of piperazine rings is 1. The third-order valence-electron chi connectivity index (χ3n) is 5.74. The van der Waals surface area contributed by atoms with Crippen molar-refractivity contribution < 1.29 is 4.79 Å². The first kappa shape index (κ1) is 19.1. The van der Waals surface area contributed by atoms with Gasteiger partial charge in [0.25, 0.3) is 5.91 Å². The topological polar surface area (TPSA) is 60.5 Å². The molecule has 7 heteroatoms. The molecule has 3 heterocycles. The normalized spacial score (nSPS) is 16.3. The fraction of sp³-hybridized carbons (Fsp3) is 0.304. The van der Waals surface area contributed by atoms with Gasteiger partial charge in [-0.3, -0.25) is 4.79 Å². The van der Waals surface area contributed by atoms with Gasteiger partial charge >= 0.3 is 0 Å². The fourth-order valence-electron chi connectivity index (χ4n) is 4.12. The number of fused-ring (bicyclic) bond motifs is 1. The summed E-state index contributed by atoms with van der Waals surface area (Å²) in [7, 11) is 0. The van der Waals surface area contributed by atoms with Crippen molar-refractivity contribution in [3.8, 4) is 0 Å². The Morgan fingerprint density at radius 2 is 1.73 bits per heavy atom. The molecule has 154 valence electrons. The van der Waals surface area contributed by atoms with Crippen LogP contribution in [0.5, 0.6) is 0 Å². The lowest BCUT2D eigenvalue weighted by molar-refractivity contribution is 0.102. The first-order valence-electron chi connectivity index (χ1n) is 10.4. The zero-order valence-corrected chi connectivity index (χ0v) is 17.6. The fourth-order valence-corrected chi connectivity index (χ4v) is 4.95. The SMILES string of the molecule is O=C(Nc1ccccc1N1CCNCC1)c1csc(N2CCc3ccccc3C2)n1. The minimum atomic E-state index is -0.155. The number of carbonyl (C=O) groups excluding carboxylic acids is 1. The summed E-state index contributed by atoms with van der Waals surface area (Å²) < 4.78 is 0. The number of nitrogens with zero attached hydrogens (tertiary/aromatic N) is 3.